The summed E-state index contributed by atoms with van der Waals surface area (Å²) in [5.41, 5.74) is 2.73. The predicted molar refractivity (Wildman–Crippen MR) is 98.4 cm³/mol. The van der Waals surface area contributed by atoms with Gasteiger partial charge in [0.05, 0.1) is 5.75 Å². The molecule has 2 N–H and O–H groups in total. The summed E-state index contributed by atoms with van der Waals surface area (Å²) in [5.74, 6) is -0.149. The Kier molecular flexibility index (Phi) is 4.50. The molecule has 6 nitrogen and oxygen atoms in total. The minimum atomic E-state index is -3.32. The van der Waals surface area contributed by atoms with E-state index >= 15 is 0 Å². The number of nitrogens with one attached hydrogen (secondary N) is 2. The number of amides is 1. The number of carbonyl (C=O) groups is 1. The number of sulfonamides is 1. The van der Waals surface area contributed by atoms with Gasteiger partial charge in [-0.2, -0.15) is 0 Å². The normalized spacial score (nSPS) is 11.4. The van der Waals surface area contributed by atoms with E-state index in [2.05, 4.69) is 10.0 Å². The van der Waals surface area contributed by atoms with E-state index in [-0.39, 0.29) is 17.4 Å². The van der Waals surface area contributed by atoms with Gasteiger partial charge >= 0.3 is 0 Å². The van der Waals surface area contributed by atoms with E-state index in [1.165, 1.54) is 0 Å². The summed E-state index contributed by atoms with van der Waals surface area (Å²) >= 11 is 0. The molecule has 1 amide bonds. The predicted octanol–water partition coefficient (Wildman–Crippen LogP) is 3.76. The third-order valence-electron chi connectivity index (χ3n) is 3.69. The molecule has 3 aromatic rings. The van der Waals surface area contributed by atoms with Crippen molar-refractivity contribution < 1.29 is 17.6 Å². The molecule has 3 rings (SSSR count). The van der Waals surface area contributed by atoms with Crippen LogP contribution in [0.25, 0.3) is 11.0 Å². The van der Waals surface area contributed by atoms with Crippen LogP contribution in [-0.2, 0) is 10.0 Å². The second-order valence-electron chi connectivity index (χ2n) is 5.69. The number of fused-ring (bicyclic) bond motifs is 1. The molecule has 2 aromatic carbocycles. The van der Waals surface area contributed by atoms with Crippen molar-refractivity contribution in [1.29, 1.82) is 0 Å². The third-order valence-corrected chi connectivity index (χ3v) is 5.00. The van der Waals surface area contributed by atoms with Gasteiger partial charge < -0.3 is 9.73 Å². The topological polar surface area (TPSA) is 88.4 Å². The smallest absolute Gasteiger partial charge is 0.291 e. The highest BCUT2D eigenvalue weighted by Crippen LogP contribution is 2.22. The Morgan fingerprint density at radius 2 is 1.72 bits per heavy atom. The number of aryl methyl sites for hydroxylation is 1. The Morgan fingerprint density at radius 3 is 2.40 bits per heavy atom. The van der Waals surface area contributed by atoms with E-state index in [0.29, 0.717) is 17.0 Å². The maximum Gasteiger partial charge on any atom is 0.291 e. The average Bonchev–Trinajstić information content (AvgIpc) is 2.99. The first-order chi connectivity index (χ1) is 11.9. The fraction of sp³-hybridized carbons (Fsp3) is 0.167. The molecule has 1 heterocycles. The summed E-state index contributed by atoms with van der Waals surface area (Å²) in [4.78, 5) is 12.3. The van der Waals surface area contributed by atoms with Crippen molar-refractivity contribution in [3.8, 4) is 0 Å². The summed E-state index contributed by atoms with van der Waals surface area (Å²) in [7, 11) is -3.32. The molecule has 0 saturated carbocycles. The lowest BCUT2D eigenvalue weighted by molar-refractivity contribution is 0.0998. The number of anilines is 2. The Labute approximate surface area is 145 Å². The first kappa shape index (κ1) is 17.0. The fourth-order valence-electron chi connectivity index (χ4n) is 2.34. The summed E-state index contributed by atoms with van der Waals surface area (Å²) in [6.45, 7) is 3.53. The molecular weight excluding hydrogens is 340 g/mol. The molecule has 0 fully saturated rings. The van der Waals surface area contributed by atoms with E-state index in [9.17, 15) is 13.2 Å². The van der Waals surface area contributed by atoms with Gasteiger partial charge in [-0.05, 0) is 56.3 Å². The standard InChI is InChI=1S/C18H18N2O4S/c1-3-25(22,23)20-15-7-5-14(6-8-15)19-18(21)17-11-13-10-12(2)4-9-16(13)24-17/h4-11,20H,3H2,1-2H3,(H,19,21). The van der Waals surface area contributed by atoms with E-state index in [0.717, 1.165) is 10.9 Å². The lowest BCUT2D eigenvalue weighted by Gasteiger charge is -2.07. The highest BCUT2D eigenvalue weighted by molar-refractivity contribution is 7.92. The summed E-state index contributed by atoms with van der Waals surface area (Å²) in [6, 6.07) is 13.8. The SMILES string of the molecule is CCS(=O)(=O)Nc1ccc(NC(=O)c2cc3cc(C)ccc3o2)cc1. The second-order valence-corrected chi connectivity index (χ2v) is 7.70. The van der Waals surface area contributed by atoms with Gasteiger partial charge in [0.25, 0.3) is 5.91 Å². The Hall–Kier alpha value is -2.80. The molecule has 0 atom stereocenters. The number of rotatable bonds is 5. The number of furan rings is 1. The van der Waals surface area contributed by atoms with Crippen molar-refractivity contribution in [2.24, 2.45) is 0 Å². The number of benzene rings is 2. The van der Waals surface area contributed by atoms with Crippen LogP contribution < -0.4 is 10.0 Å². The van der Waals surface area contributed by atoms with Crippen molar-refractivity contribution >= 4 is 38.3 Å². The highest BCUT2D eigenvalue weighted by Gasteiger charge is 2.13. The molecule has 0 radical (unpaired) electrons. The number of carbonyl (C=O) groups excluding carboxylic acids is 1. The molecule has 1 aromatic heterocycles. The van der Waals surface area contributed by atoms with Gasteiger partial charge in [-0.15, -0.1) is 0 Å². The molecule has 7 heteroatoms. The Bertz CT molecular complexity index is 1020. The molecular formula is C18H18N2O4S. The molecule has 0 unspecified atom stereocenters. The largest absolute Gasteiger partial charge is 0.451 e. The molecule has 0 bridgehead atoms. The first-order valence-corrected chi connectivity index (χ1v) is 9.43. The van der Waals surface area contributed by atoms with Crippen LogP contribution in [0.4, 0.5) is 11.4 Å². The van der Waals surface area contributed by atoms with Crippen molar-refractivity contribution in [3.05, 3.63) is 59.9 Å². The zero-order valence-electron chi connectivity index (χ0n) is 13.9. The van der Waals surface area contributed by atoms with Gasteiger partial charge in [0.15, 0.2) is 5.76 Å². The lowest BCUT2D eigenvalue weighted by Crippen LogP contribution is -2.14. The zero-order chi connectivity index (χ0) is 18.0. The van der Waals surface area contributed by atoms with Crippen LogP contribution in [-0.4, -0.2) is 20.1 Å². The maximum absolute atomic E-state index is 12.3. The first-order valence-electron chi connectivity index (χ1n) is 7.78. The van der Waals surface area contributed by atoms with Gasteiger partial charge in [0, 0.05) is 16.8 Å². The van der Waals surface area contributed by atoms with Crippen LogP contribution >= 0.6 is 0 Å². The maximum atomic E-state index is 12.3. The molecule has 0 aliphatic carbocycles. The second kappa shape index (κ2) is 6.60. The minimum absolute atomic E-state index is 0.00296. The van der Waals surface area contributed by atoms with E-state index in [1.807, 2.05) is 25.1 Å². The Morgan fingerprint density at radius 1 is 1.04 bits per heavy atom. The molecule has 0 saturated heterocycles. The van der Waals surface area contributed by atoms with Gasteiger partial charge in [0.2, 0.25) is 10.0 Å². The fourth-order valence-corrected chi connectivity index (χ4v) is 2.98. The van der Waals surface area contributed by atoms with E-state index in [4.69, 9.17) is 4.42 Å². The lowest BCUT2D eigenvalue weighted by atomic mass is 10.2. The number of hydrogen-bond acceptors (Lipinski definition) is 4. The third kappa shape index (κ3) is 4.00. The van der Waals surface area contributed by atoms with Crippen LogP contribution in [0.15, 0.2) is 52.9 Å². The average molecular weight is 358 g/mol. The van der Waals surface area contributed by atoms with Gasteiger partial charge in [-0.1, -0.05) is 11.6 Å². The Balaban J connectivity index is 1.73. The molecule has 0 spiro atoms. The van der Waals surface area contributed by atoms with Crippen LogP contribution in [0, 0.1) is 6.92 Å². The molecule has 0 aliphatic rings. The summed E-state index contributed by atoms with van der Waals surface area (Å²) in [5, 5.41) is 3.60. The molecule has 130 valence electrons. The van der Waals surface area contributed by atoms with Gasteiger partial charge in [0.1, 0.15) is 5.58 Å². The van der Waals surface area contributed by atoms with E-state index < -0.39 is 10.0 Å². The van der Waals surface area contributed by atoms with Gasteiger partial charge in [-0.3, -0.25) is 9.52 Å². The quantitative estimate of drug-likeness (QED) is 0.727. The highest BCUT2D eigenvalue weighted by atomic mass is 32.2. The van der Waals surface area contributed by atoms with E-state index in [1.54, 1.807) is 37.3 Å². The minimum Gasteiger partial charge on any atom is -0.451 e. The molecule has 0 aliphatic heterocycles. The monoisotopic (exact) mass is 358 g/mol. The van der Waals surface area contributed by atoms with Crippen molar-refractivity contribution in [3.63, 3.8) is 0 Å². The van der Waals surface area contributed by atoms with Crippen molar-refractivity contribution in [1.82, 2.24) is 0 Å². The van der Waals surface area contributed by atoms with Crippen LogP contribution in [0.5, 0.6) is 0 Å². The van der Waals surface area contributed by atoms with Crippen molar-refractivity contribution in [2.45, 2.75) is 13.8 Å². The van der Waals surface area contributed by atoms with Crippen LogP contribution in [0.2, 0.25) is 0 Å². The summed E-state index contributed by atoms with van der Waals surface area (Å²) in [6.07, 6.45) is 0. The van der Waals surface area contributed by atoms with Crippen LogP contribution in [0.1, 0.15) is 23.0 Å². The van der Waals surface area contributed by atoms with Gasteiger partial charge in [-0.25, -0.2) is 8.42 Å². The number of hydrogen-bond donors (Lipinski definition) is 2. The molecule has 25 heavy (non-hydrogen) atoms. The zero-order valence-corrected chi connectivity index (χ0v) is 14.7. The summed E-state index contributed by atoms with van der Waals surface area (Å²) < 4.78 is 31.1. The van der Waals surface area contributed by atoms with Crippen LogP contribution in [0.3, 0.4) is 0 Å². The van der Waals surface area contributed by atoms with Crippen molar-refractivity contribution in [2.75, 3.05) is 15.8 Å².